The highest BCUT2D eigenvalue weighted by molar-refractivity contribution is 5.91. The smallest absolute Gasteiger partial charge is 0.244 e. The Balaban J connectivity index is 1.43. The van der Waals surface area contributed by atoms with Crippen LogP contribution in [0.4, 0.5) is 0 Å². The largest absolute Gasteiger partial charge is 0.454 e. The molecular weight excluding hydrogens is 280 g/mol. The molecule has 1 aromatic rings. The minimum atomic E-state index is -0.0605. The second kappa shape index (κ2) is 7.31. The topological polar surface area (TPSA) is 50.8 Å². The summed E-state index contributed by atoms with van der Waals surface area (Å²) in [6, 6.07) is 5.64. The van der Waals surface area contributed by atoms with Crippen molar-refractivity contribution in [2.24, 2.45) is 0 Å². The Morgan fingerprint density at radius 1 is 1.18 bits per heavy atom. The monoisotopic (exact) mass is 302 g/mol. The van der Waals surface area contributed by atoms with Crippen molar-refractivity contribution < 1.29 is 14.3 Å². The van der Waals surface area contributed by atoms with Crippen molar-refractivity contribution in [2.45, 2.75) is 19.3 Å². The number of amides is 1. The van der Waals surface area contributed by atoms with Crippen LogP contribution in [-0.4, -0.2) is 43.8 Å². The molecule has 0 unspecified atom stereocenters. The summed E-state index contributed by atoms with van der Waals surface area (Å²) in [6.45, 7) is 4.21. The first-order valence-corrected chi connectivity index (χ1v) is 7.89. The number of benzene rings is 1. The second-order valence-corrected chi connectivity index (χ2v) is 5.64. The van der Waals surface area contributed by atoms with E-state index in [4.69, 9.17) is 9.47 Å². The van der Waals surface area contributed by atoms with Gasteiger partial charge in [-0.3, -0.25) is 4.79 Å². The molecule has 0 radical (unpaired) electrons. The van der Waals surface area contributed by atoms with Crippen LogP contribution in [0, 0.1) is 0 Å². The molecule has 22 heavy (non-hydrogen) atoms. The number of fused-ring (bicyclic) bond motifs is 1. The lowest BCUT2D eigenvalue weighted by atomic mass is 10.1. The van der Waals surface area contributed by atoms with E-state index in [2.05, 4.69) is 10.2 Å². The number of carbonyl (C=O) groups excluding carboxylic acids is 1. The number of hydrogen-bond acceptors (Lipinski definition) is 4. The molecule has 0 spiro atoms. The molecule has 2 heterocycles. The minimum absolute atomic E-state index is 0.0605. The van der Waals surface area contributed by atoms with Gasteiger partial charge in [0.05, 0.1) is 0 Å². The van der Waals surface area contributed by atoms with E-state index in [0.29, 0.717) is 6.54 Å². The molecule has 118 valence electrons. The molecule has 2 aliphatic rings. The summed E-state index contributed by atoms with van der Waals surface area (Å²) in [5.74, 6) is 1.42. The maximum atomic E-state index is 11.8. The van der Waals surface area contributed by atoms with Gasteiger partial charge >= 0.3 is 0 Å². The molecule has 0 atom stereocenters. The van der Waals surface area contributed by atoms with Crippen molar-refractivity contribution in [3.05, 3.63) is 29.8 Å². The Kier molecular flexibility index (Phi) is 4.96. The molecule has 0 aromatic heterocycles. The van der Waals surface area contributed by atoms with E-state index in [-0.39, 0.29) is 12.7 Å². The standard InChI is InChI=1S/C17H22N2O3/c20-17(18-8-11-19-9-2-1-3-10-19)7-5-14-4-6-15-16(12-14)22-13-21-15/h4-7,12H,1-3,8-11,13H2,(H,18,20). The van der Waals surface area contributed by atoms with Crippen LogP contribution in [-0.2, 0) is 4.79 Å². The van der Waals surface area contributed by atoms with E-state index in [0.717, 1.165) is 36.7 Å². The fourth-order valence-electron chi connectivity index (χ4n) is 2.77. The van der Waals surface area contributed by atoms with Crippen LogP contribution in [0.3, 0.4) is 0 Å². The summed E-state index contributed by atoms with van der Waals surface area (Å²) >= 11 is 0. The Hall–Kier alpha value is -2.01. The first kappa shape index (κ1) is 14.9. The zero-order chi connectivity index (χ0) is 15.2. The van der Waals surface area contributed by atoms with E-state index in [9.17, 15) is 4.79 Å². The van der Waals surface area contributed by atoms with Gasteiger partial charge < -0.3 is 19.7 Å². The van der Waals surface area contributed by atoms with Crippen LogP contribution in [0.2, 0.25) is 0 Å². The number of nitrogens with zero attached hydrogens (tertiary/aromatic N) is 1. The molecule has 0 saturated carbocycles. The number of ether oxygens (including phenoxy) is 2. The molecule has 5 nitrogen and oxygen atoms in total. The molecular formula is C17H22N2O3. The molecule has 1 amide bonds. The minimum Gasteiger partial charge on any atom is -0.454 e. The Labute approximate surface area is 130 Å². The number of likely N-dealkylation sites (tertiary alicyclic amines) is 1. The van der Waals surface area contributed by atoms with Crippen LogP contribution in [0.1, 0.15) is 24.8 Å². The van der Waals surface area contributed by atoms with Crippen molar-refractivity contribution in [2.75, 3.05) is 33.0 Å². The zero-order valence-electron chi connectivity index (χ0n) is 12.7. The highest BCUT2D eigenvalue weighted by Gasteiger charge is 2.12. The highest BCUT2D eigenvalue weighted by Crippen LogP contribution is 2.32. The van der Waals surface area contributed by atoms with Crippen LogP contribution >= 0.6 is 0 Å². The molecule has 2 aliphatic heterocycles. The van der Waals surface area contributed by atoms with Gasteiger partial charge in [0.1, 0.15) is 0 Å². The average Bonchev–Trinajstić information content (AvgIpc) is 3.01. The van der Waals surface area contributed by atoms with E-state index in [1.165, 1.54) is 19.3 Å². The maximum absolute atomic E-state index is 11.8. The summed E-state index contributed by atoms with van der Waals surface area (Å²) < 4.78 is 10.6. The van der Waals surface area contributed by atoms with Gasteiger partial charge in [0.2, 0.25) is 12.7 Å². The van der Waals surface area contributed by atoms with Gasteiger partial charge in [-0.2, -0.15) is 0 Å². The van der Waals surface area contributed by atoms with Crippen molar-refractivity contribution in [3.63, 3.8) is 0 Å². The maximum Gasteiger partial charge on any atom is 0.244 e. The highest BCUT2D eigenvalue weighted by atomic mass is 16.7. The van der Waals surface area contributed by atoms with E-state index in [1.807, 2.05) is 18.2 Å². The summed E-state index contributed by atoms with van der Waals surface area (Å²) in [5.41, 5.74) is 0.926. The number of piperidine rings is 1. The number of rotatable bonds is 5. The molecule has 3 rings (SSSR count). The third-order valence-electron chi connectivity index (χ3n) is 4.00. The second-order valence-electron chi connectivity index (χ2n) is 5.64. The Morgan fingerprint density at radius 3 is 2.86 bits per heavy atom. The van der Waals surface area contributed by atoms with Gasteiger partial charge in [-0.25, -0.2) is 0 Å². The van der Waals surface area contributed by atoms with Gasteiger partial charge in [0.25, 0.3) is 0 Å². The van der Waals surface area contributed by atoms with Crippen LogP contribution in [0.25, 0.3) is 6.08 Å². The number of nitrogens with one attached hydrogen (secondary N) is 1. The van der Waals surface area contributed by atoms with Crippen LogP contribution in [0.15, 0.2) is 24.3 Å². The van der Waals surface area contributed by atoms with Crippen molar-refractivity contribution in [1.82, 2.24) is 10.2 Å². The van der Waals surface area contributed by atoms with Gasteiger partial charge in [-0.15, -0.1) is 0 Å². The third-order valence-corrected chi connectivity index (χ3v) is 4.00. The first-order chi connectivity index (χ1) is 10.8. The van der Waals surface area contributed by atoms with E-state index in [1.54, 1.807) is 12.2 Å². The van der Waals surface area contributed by atoms with Gasteiger partial charge in [0.15, 0.2) is 11.5 Å². The molecule has 1 aromatic carbocycles. The predicted octanol–water partition coefficient (Wildman–Crippen LogP) is 2.03. The first-order valence-electron chi connectivity index (χ1n) is 7.89. The normalized spacial score (nSPS) is 17.8. The van der Waals surface area contributed by atoms with Gasteiger partial charge in [-0.1, -0.05) is 12.5 Å². The van der Waals surface area contributed by atoms with Crippen molar-refractivity contribution in [3.8, 4) is 11.5 Å². The zero-order valence-corrected chi connectivity index (χ0v) is 12.7. The van der Waals surface area contributed by atoms with E-state index < -0.39 is 0 Å². The average molecular weight is 302 g/mol. The van der Waals surface area contributed by atoms with Gasteiger partial charge in [0, 0.05) is 19.2 Å². The lowest BCUT2D eigenvalue weighted by Gasteiger charge is -2.26. The SMILES string of the molecule is O=C(C=Cc1ccc2c(c1)OCO2)NCCN1CCCCC1. The Morgan fingerprint density at radius 2 is 2.00 bits per heavy atom. The predicted molar refractivity (Wildman–Crippen MR) is 84.9 cm³/mol. The van der Waals surface area contributed by atoms with Crippen molar-refractivity contribution in [1.29, 1.82) is 0 Å². The molecule has 0 aliphatic carbocycles. The molecule has 5 heteroatoms. The third kappa shape index (κ3) is 4.01. The fourth-order valence-corrected chi connectivity index (χ4v) is 2.77. The van der Waals surface area contributed by atoms with E-state index >= 15 is 0 Å². The summed E-state index contributed by atoms with van der Waals surface area (Å²) in [6.07, 6.45) is 7.24. The molecule has 1 N–H and O–H groups in total. The Bertz CT molecular complexity index is 551. The van der Waals surface area contributed by atoms with Crippen LogP contribution in [0.5, 0.6) is 11.5 Å². The molecule has 1 fully saturated rings. The van der Waals surface area contributed by atoms with Crippen molar-refractivity contribution >= 4 is 12.0 Å². The lowest BCUT2D eigenvalue weighted by Crippen LogP contribution is -2.37. The fraction of sp³-hybridized carbons (Fsp3) is 0.471. The van der Waals surface area contributed by atoms with Gasteiger partial charge in [-0.05, 0) is 49.7 Å². The summed E-state index contributed by atoms with van der Waals surface area (Å²) in [4.78, 5) is 14.2. The summed E-state index contributed by atoms with van der Waals surface area (Å²) in [5, 5.41) is 2.93. The lowest BCUT2D eigenvalue weighted by molar-refractivity contribution is -0.116. The quantitative estimate of drug-likeness (QED) is 0.846. The van der Waals surface area contributed by atoms with Crippen LogP contribution < -0.4 is 14.8 Å². The number of hydrogen-bond donors (Lipinski definition) is 1. The number of carbonyl (C=O) groups is 1. The molecule has 1 saturated heterocycles. The molecule has 0 bridgehead atoms. The summed E-state index contributed by atoms with van der Waals surface area (Å²) in [7, 11) is 0.